The summed E-state index contributed by atoms with van der Waals surface area (Å²) in [6, 6.07) is 8.15. The summed E-state index contributed by atoms with van der Waals surface area (Å²) in [5, 5.41) is 10.9. The first-order valence-electron chi connectivity index (χ1n) is 6.90. The van der Waals surface area contributed by atoms with E-state index in [0.717, 1.165) is 36.5 Å². The SMILES string of the molecule is COc1ccc(CCC2(O)CSCCC2(C)C)cc1. The monoisotopic (exact) mass is 280 g/mol. The van der Waals surface area contributed by atoms with Crippen LogP contribution < -0.4 is 4.74 Å². The highest BCUT2D eigenvalue weighted by molar-refractivity contribution is 7.99. The van der Waals surface area contributed by atoms with Crippen LogP contribution in [0.15, 0.2) is 24.3 Å². The van der Waals surface area contributed by atoms with E-state index >= 15 is 0 Å². The smallest absolute Gasteiger partial charge is 0.118 e. The van der Waals surface area contributed by atoms with E-state index in [-0.39, 0.29) is 5.41 Å². The van der Waals surface area contributed by atoms with Gasteiger partial charge in [-0.1, -0.05) is 26.0 Å². The molecule has 2 rings (SSSR count). The number of aliphatic hydroxyl groups is 1. The molecule has 0 amide bonds. The van der Waals surface area contributed by atoms with E-state index in [4.69, 9.17) is 4.74 Å². The van der Waals surface area contributed by atoms with Crippen molar-refractivity contribution in [1.29, 1.82) is 0 Å². The number of hydrogen-bond acceptors (Lipinski definition) is 3. The van der Waals surface area contributed by atoms with Crippen LogP contribution in [-0.4, -0.2) is 29.3 Å². The Hall–Kier alpha value is -0.670. The fourth-order valence-corrected chi connectivity index (χ4v) is 4.22. The number of benzene rings is 1. The summed E-state index contributed by atoms with van der Waals surface area (Å²) in [7, 11) is 1.68. The maximum Gasteiger partial charge on any atom is 0.118 e. The van der Waals surface area contributed by atoms with Crippen LogP contribution >= 0.6 is 11.8 Å². The molecule has 0 saturated carbocycles. The van der Waals surface area contributed by atoms with Crippen molar-refractivity contribution >= 4 is 11.8 Å². The molecular formula is C16H24O2S. The fourth-order valence-electron chi connectivity index (χ4n) is 2.55. The second-order valence-electron chi connectivity index (χ2n) is 6.07. The van der Waals surface area contributed by atoms with Crippen molar-refractivity contribution in [2.24, 2.45) is 5.41 Å². The highest BCUT2D eigenvalue weighted by atomic mass is 32.2. The first-order chi connectivity index (χ1) is 8.97. The molecule has 0 aromatic heterocycles. The molecule has 0 radical (unpaired) electrons. The minimum absolute atomic E-state index is 0.0186. The third-order valence-electron chi connectivity index (χ3n) is 4.46. The molecule has 1 saturated heterocycles. The molecule has 106 valence electrons. The lowest BCUT2D eigenvalue weighted by Crippen LogP contribution is -2.50. The van der Waals surface area contributed by atoms with Gasteiger partial charge in [0.05, 0.1) is 12.7 Å². The Labute approximate surface area is 120 Å². The van der Waals surface area contributed by atoms with Gasteiger partial charge in [-0.3, -0.25) is 0 Å². The molecule has 1 aromatic carbocycles. The molecule has 1 fully saturated rings. The average molecular weight is 280 g/mol. The largest absolute Gasteiger partial charge is 0.497 e. The van der Waals surface area contributed by atoms with Crippen LogP contribution in [0.25, 0.3) is 0 Å². The van der Waals surface area contributed by atoms with Crippen LogP contribution in [0.2, 0.25) is 0 Å². The molecule has 1 aromatic rings. The number of thioether (sulfide) groups is 1. The van der Waals surface area contributed by atoms with Gasteiger partial charge in [0.15, 0.2) is 0 Å². The predicted molar refractivity (Wildman–Crippen MR) is 82.0 cm³/mol. The number of ether oxygens (including phenoxy) is 1. The summed E-state index contributed by atoms with van der Waals surface area (Å²) in [6.07, 6.45) is 2.85. The van der Waals surface area contributed by atoms with E-state index < -0.39 is 5.60 Å². The average Bonchev–Trinajstić information content (AvgIpc) is 2.41. The van der Waals surface area contributed by atoms with Gasteiger partial charge in [-0.2, -0.15) is 11.8 Å². The lowest BCUT2D eigenvalue weighted by molar-refractivity contribution is -0.0579. The Balaban J connectivity index is 2.00. The van der Waals surface area contributed by atoms with E-state index in [9.17, 15) is 5.11 Å². The zero-order valence-corrected chi connectivity index (χ0v) is 12.9. The van der Waals surface area contributed by atoms with Crippen molar-refractivity contribution in [1.82, 2.24) is 0 Å². The lowest BCUT2D eigenvalue weighted by Gasteiger charge is -2.46. The number of methoxy groups -OCH3 is 1. The number of aryl methyl sites for hydroxylation is 1. The number of rotatable bonds is 4. The molecule has 1 unspecified atom stereocenters. The van der Waals surface area contributed by atoms with Crippen LogP contribution in [0.5, 0.6) is 5.75 Å². The van der Waals surface area contributed by atoms with E-state index in [1.165, 1.54) is 5.56 Å². The highest BCUT2D eigenvalue weighted by Gasteiger charge is 2.44. The van der Waals surface area contributed by atoms with Gasteiger partial charge in [0.25, 0.3) is 0 Å². The Morgan fingerprint density at radius 2 is 1.95 bits per heavy atom. The zero-order valence-electron chi connectivity index (χ0n) is 12.1. The molecule has 2 nitrogen and oxygen atoms in total. The summed E-state index contributed by atoms with van der Waals surface area (Å²) in [5.74, 6) is 2.91. The minimum Gasteiger partial charge on any atom is -0.497 e. The van der Waals surface area contributed by atoms with Gasteiger partial charge < -0.3 is 9.84 Å². The summed E-state index contributed by atoms with van der Waals surface area (Å²) in [6.45, 7) is 4.39. The Morgan fingerprint density at radius 1 is 1.26 bits per heavy atom. The van der Waals surface area contributed by atoms with Gasteiger partial charge in [0.2, 0.25) is 0 Å². The fraction of sp³-hybridized carbons (Fsp3) is 0.625. The van der Waals surface area contributed by atoms with Crippen molar-refractivity contribution in [3.05, 3.63) is 29.8 Å². The summed E-state index contributed by atoms with van der Waals surface area (Å²) in [5.41, 5.74) is 0.737. The Kier molecular flexibility index (Phi) is 4.46. The molecule has 1 N–H and O–H groups in total. The third kappa shape index (κ3) is 3.26. The molecule has 0 bridgehead atoms. The van der Waals surface area contributed by atoms with E-state index in [0.29, 0.717) is 0 Å². The molecule has 1 heterocycles. The van der Waals surface area contributed by atoms with Crippen LogP contribution in [-0.2, 0) is 6.42 Å². The van der Waals surface area contributed by atoms with Gasteiger partial charge in [-0.15, -0.1) is 0 Å². The molecule has 19 heavy (non-hydrogen) atoms. The first kappa shape index (κ1) is 14.7. The standard InChI is InChI=1S/C16H24O2S/c1-15(2)10-11-19-12-16(15,17)9-8-13-4-6-14(18-3)7-5-13/h4-7,17H,8-12H2,1-3H3. The third-order valence-corrected chi connectivity index (χ3v) is 5.63. The molecule has 0 aliphatic carbocycles. The van der Waals surface area contributed by atoms with Crippen molar-refractivity contribution in [3.63, 3.8) is 0 Å². The van der Waals surface area contributed by atoms with Gasteiger partial charge in [-0.25, -0.2) is 0 Å². The van der Waals surface area contributed by atoms with E-state index in [1.54, 1.807) is 7.11 Å². The van der Waals surface area contributed by atoms with Crippen LogP contribution in [0, 0.1) is 5.41 Å². The maximum absolute atomic E-state index is 10.9. The zero-order chi connectivity index (χ0) is 13.9. The normalized spacial score (nSPS) is 26.1. The van der Waals surface area contributed by atoms with Gasteiger partial charge in [0, 0.05) is 5.75 Å². The van der Waals surface area contributed by atoms with Crippen molar-refractivity contribution in [3.8, 4) is 5.75 Å². The molecule has 1 aliphatic rings. The van der Waals surface area contributed by atoms with Crippen molar-refractivity contribution < 1.29 is 9.84 Å². The molecule has 0 spiro atoms. The van der Waals surface area contributed by atoms with Crippen LogP contribution in [0.4, 0.5) is 0 Å². The predicted octanol–water partition coefficient (Wildman–Crippen LogP) is 3.52. The van der Waals surface area contributed by atoms with Crippen molar-refractivity contribution in [2.75, 3.05) is 18.6 Å². The Bertz CT molecular complexity index is 413. The summed E-state index contributed by atoms with van der Waals surface area (Å²) >= 11 is 1.88. The maximum atomic E-state index is 10.9. The van der Waals surface area contributed by atoms with Crippen LogP contribution in [0.3, 0.4) is 0 Å². The molecule has 1 atom stereocenters. The molecular weight excluding hydrogens is 256 g/mol. The van der Waals surface area contributed by atoms with Crippen molar-refractivity contribution in [2.45, 2.75) is 38.7 Å². The quantitative estimate of drug-likeness (QED) is 0.915. The molecule has 3 heteroatoms. The lowest BCUT2D eigenvalue weighted by atomic mass is 9.71. The second kappa shape index (κ2) is 5.76. The van der Waals surface area contributed by atoms with Gasteiger partial charge in [0.1, 0.15) is 5.75 Å². The van der Waals surface area contributed by atoms with Crippen LogP contribution in [0.1, 0.15) is 32.3 Å². The van der Waals surface area contributed by atoms with E-state index in [1.807, 2.05) is 23.9 Å². The minimum atomic E-state index is -0.546. The molecule has 1 aliphatic heterocycles. The van der Waals surface area contributed by atoms with Gasteiger partial charge >= 0.3 is 0 Å². The summed E-state index contributed by atoms with van der Waals surface area (Å²) in [4.78, 5) is 0. The second-order valence-corrected chi connectivity index (χ2v) is 7.17. The topological polar surface area (TPSA) is 29.5 Å². The highest BCUT2D eigenvalue weighted by Crippen LogP contribution is 2.44. The number of hydrogen-bond donors (Lipinski definition) is 1. The van der Waals surface area contributed by atoms with Gasteiger partial charge in [-0.05, 0) is 48.1 Å². The first-order valence-corrected chi connectivity index (χ1v) is 8.05. The Morgan fingerprint density at radius 3 is 2.53 bits per heavy atom. The summed E-state index contributed by atoms with van der Waals surface area (Å²) < 4.78 is 5.16. The van der Waals surface area contributed by atoms with E-state index in [2.05, 4.69) is 26.0 Å².